The van der Waals surface area contributed by atoms with Crippen LogP contribution in [-0.2, 0) is 4.79 Å². The second-order valence-corrected chi connectivity index (χ2v) is 6.25. The zero-order chi connectivity index (χ0) is 19.4. The summed E-state index contributed by atoms with van der Waals surface area (Å²) < 4.78 is 5.14. The Hall–Kier alpha value is -3.13. The predicted molar refractivity (Wildman–Crippen MR) is 96.4 cm³/mol. The van der Waals surface area contributed by atoms with Crippen LogP contribution in [0.15, 0.2) is 47.1 Å². The van der Waals surface area contributed by atoms with Crippen molar-refractivity contribution in [3.05, 3.63) is 59.5 Å². The number of amides is 2. The van der Waals surface area contributed by atoms with Gasteiger partial charge in [0.05, 0.1) is 6.26 Å². The molecule has 1 aromatic heterocycles. The van der Waals surface area contributed by atoms with E-state index in [-0.39, 0.29) is 17.6 Å². The van der Waals surface area contributed by atoms with Crippen LogP contribution in [-0.4, -0.2) is 65.9 Å². The highest BCUT2D eigenvalue weighted by Crippen LogP contribution is 2.24. The van der Waals surface area contributed by atoms with Crippen molar-refractivity contribution < 1.29 is 23.9 Å². The molecule has 27 heavy (non-hydrogen) atoms. The van der Waals surface area contributed by atoms with Crippen LogP contribution < -0.4 is 5.32 Å². The molecule has 1 aliphatic heterocycles. The first kappa shape index (κ1) is 18.7. The number of piperazine rings is 1. The fraction of sp³-hybridized carbons (Fsp3) is 0.316. The molecule has 1 unspecified atom stereocenters. The third-order valence-electron chi connectivity index (χ3n) is 4.62. The second-order valence-electron chi connectivity index (χ2n) is 6.25. The minimum atomic E-state index is -0.991. The summed E-state index contributed by atoms with van der Waals surface area (Å²) in [7, 11) is 1.53. The molecule has 1 atom stereocenters. The van der Waals surface area contributed by atoms with Crippen LogP contribution in [0.1, 0.15) is 32.5 Å². The first-order valence-electron chi connectivity index (χ1n) is 8.63. The molecule has 1 aliphatic rings. The summed E-state index contributed by atoms with van der Waals surface area (Å²) in [6.45, 7) is 1.62. The molecular formula is C19H21N3O5. The number of hydrogen-bond acceptors (Lipinski definition) is 5. The van der Waals surface area contributed by atoms with Crippen molar-refractivity contribution in [2.24, 2.45) is 0 Å². The van der Waals surface area contributed by atoms with Crippen LogP contribution in [0.3, 0.4) is 0 Å². The summed E-state index contributed by atoms with van der Waals surface area (Å²) in [4.78, 5) is 39.6. The van der Waals surface area contributed by atoms with Crippen molar-refractivity contribution in [3.63, 3.8) is 0 Å². The molecule has 2 heterocycles. The molecule has 2 amide bonds. The number of hydrogen-bond donors (Lipinski definition) is 2. The normalized spacial score (nSPS) is 16.0. The van der Waals surface area contributed by atoms with Crippen LogP contribution in [0.25, 0.3) is 0 Å². The first-order valence-corrected chi connectivity index (χ1v) is 8.63. The number of furan rings is 1. The molecule has 8 nitrogen and oxygen atoms in total. The van der Waals surface area contributed by atoms with Crippen molar-refractivity contribution in [1.82, 2.24) is 15.1 Å². The van der Waals surface area contributed by atoms with Gasteiger partial charge >= 0.3 is 5.97 Å². The van der Waals surface area contributed by atoms with E-state index >= 15 is 0 Å². The Balaban J connectivity index is 1.73. The van der Waals surface area contributed by atoms with Gasteiger partial charge in [-0.3, -0.25) is 19.3 Å². The maximum absolute atomic E-state index is 12.3. The molecule has 0 radical (unpaired) electrons. The maximum Gasteiger partial charge on any atom is 0.325 e. The lowest BCUT2D eigenvalue weighted by molar-refractivity contribution is -0.144. The predicted octanol–water partition coefficient (Wildman–Crippen LogP) is 1.22. The van der Waals surface area contributed by atoms with E-state index in [1.807, 2.05) is 0 Å². The molecule has 0 bridgehead atoms. The van der Waals surface area contributed by atoms with Crippen LogP contribution >= 0.6 is 0 Å². The van der Waals surface area contributed by atoms with Crippen LogP contribution in [0, 0.1) is 0 Å². The van der Waals surface area contributed by atoms with Gasteiger partial charge in [0, 0.05) is 38.8 Å². The van der Waals surface area contributed by atoms with Gasteiger partial charge in [-0.05, 0) is 29.8 Å². The van der Waals surface area contributed by atoms with E-state index < -0.39 is 12.0 Å². The summed E-state index contributed by atoms with van der Waals surface area (Å²) in [6.07, 6.45) is 1.45. The molecule has 142 valence electrons. The highest BCUT2D eigenvalue weighted by molar-refractivity contribution is 5.94. The van der Waals surface area contributed by atoms with E-state index in [1.54, 1.807) is 46.2 Å². The van der Waals surface area contributed by atoms with Gasteiger partial charge in [-0.25, -0.2) is 0 Å². The number of carbonyl (C=O) groups is 3. The van der Waals surface area contributed by atoms with Crippen LogP contribution in [0.2, 0.25) is 0 Å². The average Bonchev–Trinajstić information content (AvgIpc) is 3.22. The quantitative estimate of drug-likeness (QED) is 0.819. The topological polar surface area (TPSA) is 103 Å². The van der Waals surface area contributed by atoms with Gasteiger partial charge in [-0.2, -0.15) is 0 Å². The van der Waals surface area contributed by atoms with Gasteiger partial charge < -0.3 is 19.7 Å². The minimum absolute atomic E-state index is 0.201. The van der Waals surface area contributed by atoms with Gasteiger partial charge in [-0.1, -0.05) is 12.1 Å². The van der Waals surface area contributed by atoms with Crippen molar-refractivity contribution in [2.45, 2.75) is 6.04 Å². The van der Waals surface area contributed by atoms with Gasteiger partial charge in [0.2, 0.25) is 0 Å². The summed E-state index contributed by atoms with van der Waals surface area (Å²) in [5.41, 5.74) is 0.947. The standard InChI is InChI=1S/C19H21N3O5/c1-20-17(23)14-5-2-4-13(12-14)16(19(25)26)21-7-9-22(10-8-21)18(24)15-6-3-11-27-15/h2-6,11-12,16H,7-10H2,1H3,(H,20,23)(H,25,26). The third kappa shape index (κ3) is 4.01. The molecule has 3 rings (SSSR count). The smallest absolute Gasteiger partial charge is 0.325 e. The number of nitrogens with zero attached hydrogens (tertiary/aromatic N) is 2. The highest BCUT2D eigenvalue weighted by atomic mass is 16.4. The van der Waals surface area contributed by atoms with Crippen molar-refractivity contribution in [2.75, 3.05) is 33.2 Å². The largest absolute Gasteiger partial charge is 0.480 e. The van der Waals surface area contributed by atoms with Crippen LogP contribution in [0.4, 0.5) is 0 Å². The highest BCUT2D eigenvalue weighted by Gasteiger charge is 2.32. The van der Waals surface area contributed by atoms with Crippen molar-refractivity contribution >= 4 is 17.8 Å². The molecular weight excluding hydrogens is 350 g/mol. The van der Waals surface area contributed by atoms with Crippen LogP contribution in [0.5, 0.6) is 0 Å². The van der Waals surface area contributed by atoms with E-state index in [0.29, 0.717) is 37.3 Å². The number of carbonyl (C=O) groups excluding carboxylic acids is 2. The Morgan fingerprint density at radius 2 is 1.85 bits per heavy atom. The number of benzene rings is 1. The molecule has 1 saturated heterocycles. The lowest BCUT2D eigenvalue weighted by Crippen LogP contribution is -2.51. The lowest BCUT2D eigenvalue weighted by atomic mass is 10.0. The zero-order valence-electron chi connectivity index (χ0n) is 14.9. The van der Waals surface area contributed by atoms with Crippen molar-refractivity contribution in [1.29, 1.82) is 0 Å². The Labute approximate surface area is 156 Å². The van der Waals surface area contributed by atoms with E-state index in [0.717, 1.165) is 0 Å². The fourth-order valence-electron chi connectivity index (χ4n) is 3.24. The van der Waals surface area contributed by atoms with Gasteiger partial charge in [0.1, 0.15) is 6.04 Å². The minimum Gasteiger partial charge on any atom is -0.480 e. The van der Waals surface area contributed by atoms with E-state index in [4.69, 9.17) is 4.42 Å². The molecule has 2 aromatic rings. The molecule has 2 N–H and O–H groups in total. The molecule has 0 saturated carbocycles. The summed E-state index contributed by atoms with van der Waals surface area (Å²) in [5.74, 6) is -1.19. The summed E-state index contributed by atoms with van der Waals surface area (Å²) in [5, 5.41) is 12.3. The number of rotatable bonds is 5. The number of nitrogens with one attached hydrogen (secondary N) is 1. The molecule has 1 fully saturated rings. The lowest BCUT2D eigenvalue weighted by Gasteiger charge is -2.37. The second kappa shape index (κ2) is 8.05. The SMILES string of the molecule is CNC(=O)c1cccc(C(C(=O)O)N2CCN(C(=O)c3ccco3)CC2)c1. The Kier molecular flexibility index (Phi) is 5.56. The Morgan fingerprint density at radius 3 is 2.44 bits per heavy atom. The number of carboxylic acid groups (broad SMARTS) is 1. The average molecular weight is 371 g/mol. The molecule has 0 aliphatic carbocycles. The van der Waals surface area contributed by atoms with Gasteiger partial charge in [-0.15, -0.1) is 0 Å². The van der Waals surface area contributed by atoms with Gasteiger partial charge in [0.15, 0.2) is 5.76 Å². The zero-order valence-corrected chi connectivity index (χ0v) is 14.9. The Morgan fingerprint density at radius 1 is 1.11 bits per heavy atom. The molecule has 8 heteroatoms. The maximum atomic E-state index is 12.3. The number of carboxylic acids is 1. The van der Waals surface area contributed by atoms with Gasteiger partial charge in [0.25, 0.3) is 11.8 Å². The Bertz CT molecular complexity index is 826. The van der Waals surface area contributed by atoms with Crippen molar-refractivity contribution in [3.8, 4) is 0 Å². The summed E-state index contributed by atoms with van der Waals surface area (Å²) in [6, 6.07) is 9.00. The van der Waals surface area contributed by atoms with E-state index in [2.05, 4.69) is 5.32 Å². The molecule has 0 spiro atoms. The summed E-state index contributed by atoms with van der Waals surface area (Å²) >= 11 is 0. The monoisotopic (exact) mass is 371 g/mol. The first-order chi connectivity index (χ1) is 13.0. The molecule has 1 aromatic carbocycles. The number of aliphatic carboxylic acids is 1. The third-order valence-corrected chi connectivity index (χ3v) is 4.62. The van der Waals surface area contributed by atoms with E-state index in [1.165, 1.54) is 13.3 Å². The van der Waals surface area contributed by atoms with E-state index in [9.17, 15) is 19.5 Å². The fourth-order valence-corrected chi connectivity index (χ4v) is 3.24.